The van der Waals surface area contributed by atoms with Crippen LogP contribution >= 0.6 is 0 Å². The molecule has 4 aromatic rings. The third kappa shape index (κ3) is 4.67. The van der Waals surface area contributed by atoms with Crippen LogP contribution < -0.4 is 10.1 Å². The lowest BCUT2D eigenvalue weighted by Crippen LogP contribution is -2.27. The number of carbonyl (C=O) groups is 1. The van der Waals surface area contributed by atoms with Gasteiger partial charge in [0.15, 0.2) is 5.82 Å². The summed E-state index contributed by atoms with van der Waals surface area (Å²) in [6.45, 7) is 5.99. The smallest absolute Gasteiger partial charge is 0.270 e. The van der Waals surface area contributed by atoms with Crippen molar-refractivity contribution in [3.8, 4) is 11.4 Å². The van der Waals surface area contributed by atoms with Crippen molar-refractivity contribution < 1.29 is 9.53 Å². The average Bonchev–Trinajstić information content (AvgIpc) is 3.38. The second kappa shape index (κ2) is 9.47. The average molecular weight is 444 g/mol. The lowest BCUT2D eigenvalue weighted by atomic mass is 10.1. The molecule has 1 amide bonds. The van der Waals surface area contributed by atoms with Crippen molar-refractivity contribution in [3.63, 3.8) is 0 Å². The molecule has 9 heteroatoms. The quantitative estimate of drug-likeness (QED) is 0.441. The zero-order chi connectivity index (χ0) is 23.4. The molecule has 0 unspecified atom stereocenters. The SMILES string of the molecule is COc1cccc(/C=C(/C(=O)NCc2c(C)nn(-c3ccccc3)c2C)n2nnnc2C)c1. The van der Waals surface area contributed by atoms with Gasteiger partial charge in [0.1, 0.15) is 11.4 Å². The fraction of sp³-hybridized carbons (Fsp3) is 0.208. The largest absolute Gasteiger partial charge is 0.497 e. The first-order chi connectivity index (χ1) is 16.0. The van der Waals surface area contributed by atoms with Crippen molar-refractivity contribution in [3.05, 3.63) is 82.9 Å². The molecule has 0 bridgehead atoms. The van der Waals surface area contributed by atoms with Gasteiger partial charge in [-0.2, -0.15) is 9.78 Å². The molecule has 0 aliphatic rings. The van der Waals surface area contributed by atoms with E-state index >= 15 is 0 Å². The predicted octanol–water partition coefficient (Wildman–Crippen LogP) is 3.11. The van der Waals surface area contributed by atoms with Gasteiger partial charge < -0.3 is 10.1 Å². The van der Waals surface area contributed by atoms with Crippen molar-refractivity contribution in [2.75, 3.05) is 7.11 Å². The van der Waals surface area contributed by atoms with Crippen LogP contribution in [0, 0.1) is 20.8 Å². The number of rotatable bonds is 7. The summed E-state index contributed by atoms with van der Waals surface area (Å²) in [5.41, 5.74) is 4.85. The number of aromatic nitrogens is 6. The lowest BCUT2D eigenvalue weighted by Gasteiger charge is -2.11. The first-order valence-electron chi connectivity index (χ1n) is 10.5. The summed E-state index contributed by atoms with van der Waals surface area (Å²) in [7, 11) is 1.60. The predicted molar refractivity (Wildman–Crippen MR) is 125 cm³/mol. The number of benzene rings is 2. The van der Waals surface area contributed by atoms with Gasteiger partial charge in [-0.1, -0.05) is 30.3 Å². The van der Waals surface area contributed by atoms with Crippen molar-refractivity contribution in [2.45, 2.75) is 27.3 Å². The third-order valence-electron chi connectivity index (χ3n) is 5.35. The Bertz CT molecular complexity index is 1310. The van der Waals surface area contributed by atoms with Crippen molar-refractivity contribution in [1.29, 1.82) is 0 Å². The Labute approximate surface area is 191 Å². The molecule has 4 rings (SSSR count). The number of nitrogens with zero attached hydrogens (tertiary/aromatic N) is 6. The van der Waals surface area contributed by atoms with Gasteiger partial charge >= 0.3 is 0 Å². The summed E-state index contributed by atoms with van der Waals surface area (Å²) >= 11 is 0. The number of ether oxygens (including phenoxy) is 1. The lowest BCUT2D eigenvalue weighted by molar-refractivity contribution is -0.116. The summed E-state index contributed by atoms with van der Waals surface area (Å²) in [6.07, 6.45) is 1.73. The minimum atomic E-state index is -0.306. The molecule has 2 heterocycles. The van der Waals surface area contributed by atoms with Gasteiger partial charge in [-0.3, -0.25) is 4.79 Å². The molecule has 9 nitrogen and oxygen atoms in total. The zero-order valence-corrected chi connectivity index (χ0v) is 19.0. The van der Waals surface area contributed by atoms with Crippen LogP contribution in [0.4, 0.5) is 0 Å². The molecule has 2 aromatic heterocycles. The highest BCUT2D eigenvalue weighted by Crippen LogP contribution is 2.20. The minimum absolute atomic E-state index is 0.302. The number of amides is 1. The molecular formula is C24H25N7O2. The van der Waals surface area contributed by atoms with Crippen LogP contribution in [0.15, 0.2) is 54.6 Å². The highest BCUT2D eigenvalue weighted by molar-refractivity contribution is 6.18. The van der Waals surface area contributed by atoms with E-state index in [-0.39, 0.29) is 5.91 Å². The molecule has 33 heavy (non-hydrogen) atoms. The maximum atomic E-state index is 13.3. The normalized spacial score (nSPS) is 11.5. The van der Waals surface area contributed by atoms with Crippen LogP contribution in [0.2, 0.25) is 0 Å². The molecule has 0 radical (unpaired) electrons. The Morgan fingerprint density at radius 1 is 1.09 bits per heavy atom. The summed E-state index contributed by atoms with van der Waals surface area (Å²) in [4.78, 5) is 13.3. The molecule has 1 N–H and O–H groups in total. The molecule has 0 saturated heterocycles. The van der Waals surface area contributed by atoms with Gasteiger partial charge in [0, 0.05) is 17.8 Å². The van der Waals surface area contributed by atoms with Gasteiger partial charge in [-0.05, 0) is 67.1 Å². The van der Waals surface area contributed by atoms with E-state index in [1.54, 1.807) is 20.1 Å². The maximum absolute atomic E-state index is 13.3. The molecule has 0 spiro atoms. The summed E-state index contributed by atoms with van der Waals surface area (Å²) in [5, 5.41) is 19.3. The number of methoxy groups -OCH3 is 1. The van der Waals surface area contributed by atoms with E-state index in [0.717, 1.165) is 28.2 Å². The molecule has 0 aliphatic heterocycles. The van der Waals surface area contributed by atoms with Gasteiger partial charge in [-0.25, -0.2) is 4.68 Å². The van der Waals surface area contributed by atoms with Gasteiger partial charge in [0.2, 0.25) is 0 Å². The molecule has 0 saturated carbocycles. The first-order valence-corrected chi connectivity index (χ1v) is 10.5. The monoisotopic (exact) mass is 443 g/mol. The number of hydrogen-bond acceptors (Lipinski definition) is 6. The highest BCUT2D eigenvalue weighted by Gasteiger charge is 2.19. The second-order valence-corrected chi connectivity index (χ2v) is 7.52. The number of para-hydroxylation sites is 1. The second-order valence-electron chi connectivity index (χ2n) is 7.52. The number of aryl methyl sites for hydroxylation is 2. The molecule has 0 aliphatic carbocycles. The van der Waals surface area contributed by atoms with Gasteiger partial charge in [-0.15, -0.1) is 5.10 Å². The molecular weight excluding hydrogens is 418 g/mol. The Balaban J connectivity index is 1.62. The van der Waals surface area contributed by atoms with Gasteiger partial charge in [0.05, 0.1) is 18.5 Å². The van der Waals surface area contributed by atoms with Crippen LogP contribution in [0.3, 0.4) is 0 Å². The molecule has 0 fully saturated rings. The van der Waals surface area contributed by atoms with E-state index in [9.17, 15) is 4.79 Å². The standard InChI is InChI=1S/C24H25N7O2/c1-16-22(17(2)30(27-16)20-10-6-5-7-11-20)15-25-24(32)23(31-18(3)26-28-29-31)14-19-9-8-12-21(13-19)33-4/h5-14H,15H2,1-4H3,(H,25,32)/b23-14-. The van der Waals surface area contributed by atoms with Gasteiger partial charge in [0.25, 0.3) is 5.91 Å². The summed E-state index contributed by atoms with van der Waals surface area (Å²) in [5.74, 6) is 0.888. The van der Waals surface area contributed by atoms with E-state index in [4.69, 9.17) is 4.74 Å². The van der Waals surface area contributed by atoms with Crippen LogP contribution in [0.25, 0.3) is 17.5 Å². The number of tetrazole rings is 1. The molecule has 2 aromatic carbocycles. The van der Waals surface area contributed by atoms with E-state index in [2.05, 4.69) is 25.9 Å². The van der Waals surface area contributed by atoms with E-state index < -0.39 is 0 Å². The van der Waals surface area contributed by atoms with Crippen molar-refractivity contribution in [1.82, 2.24) is 35.3 Å². The minimum Gasteiger partial charge on any atom is -0.497 e. The number of nitrogens with one attached hydrogen (secondary N) is 1. The van der Waals surface area contributed by atoms with Crippen LogP contribution in [-0.4, -0.2) is 43.0 Å². The number of hydrogen-bond donors (Lipinski definition) is 1. The fourth-order valence-corrected chi connectivity index (χ4v) is 3.58. The van der Waals surface area contributed by atoms with Crippen LogP contribution in [0.5, 0.6) is 5.75 Å². The van der Waals surface area contributed by atoms with Crippen molar-refractivity contribution in [2.24, 2.45) is 0 Å². The van der Waals surface area contributed by atoms with E-state index in [1.807, 2.05) is 73.1 Å². The topological polar surface area (TPSA) is 99.8 Å². The Morgan fingerprint density at radius 3 is 2.58 bits per heavy atom. The number of carbonyl (C=O) groups excluding carboxylic acids is 1. The van der Waals surface area contributed by atoms with E-state index in [0.29, 0.717) is 23.8 Å². The summed E-state index contributed by atoms with van der Waals surface area (Å²) in [6, 6.07) is 17.3. The highest BCUT2D eigenvalue weighted by atomic mass is 16.5. The zero-order valence-electron chi connectivity index (χ0n) is 19.0. The van der Waals surface area contributed by atoms with Crippen LogP contribution in [-0.2, 0) is 11.3 Å². The molecule has 0 atom stereocenters. The molecule has 168 valence electrons. The van der Waals surface area contributed by atoms with Crippen molar-refractivity contribution >= 4 is 17.7 Å². The van der Waals surface area contributed by atoms with E-state index in [1.165, 1.54) is 4.68 Å². The Morgan fingerprint density at radius 2 is 1.88 bits per heavy atom. The fourth-order valence-electron chi connectivity index (χ4n) is 3.58. The maximum Gasteiger partial charge on any atom is 0.270 e. The Hall–Kier alpha value is -4.27. The first kappa shape index (κ1) is 21.9. The summed E-state index contributed by atoms with van der Waals surface area (Å²) < 4.78 is 8.60. The third-order valence-corrected chi connectivity index (χ3v) is 5.35. The van der Waals surface area contributed by atoms with Crippen LogP contribution in [0.1, 0.15) is 28.3 Å². The Kier molecular flexibility index (Phi) is 6.30.